The van der Waals surface area contributed by atoms with Gasteiger partial charge in [0.25, 0.3) is 11.6 Å². The molecular formula is C18H20N2O5. The number of ether oxygens (including phenoxy) is 1. The first kappa shape index (κ1) is 18.3. The van der Waals surface area contributed by atoms with Gasteiger partial charge in [-0.1, -0.05) is 32.0 Å². The quantitative estimate of drug-likeness (QED) is 0.451. The third-order valence-corrected chi connectivity index (χ3v) is 3.89. The Balaban J connectivity index is 2.05. The molecule has 1 unspecified atom stereocenters. The maximum Gasteiger partial charge on any atom is 0.271 e. The number of carbonyl (C=O) groups excluding carboxylic acids is 1. The minimum absolute atomic E-state index is 0.0296. The Bertz CT molecular complexity index is 776. The first-order valence-electron chi connectivity index (χ1n) is 7.91. The molecule has 0 aliphatic rings. The second-order valence-electron chi connectivity index (χ2n) is 5.64. The van der Waals surface area contributed by atoms with E-state index in [0.29, 0.717) is 11.7 Å². The van der Waals surface area contributed by atoms with Gasteiger partial charge in [-0.15, -0.1) is 0 Å². The van der Waals surface area contributed by atoms with Crippen LogP contribution in [0.4, 0.5) is 11.4 Å². The summed E-state index contributed by atoms with van der Waals surface area (Å²) >= 11 is 0. The Hall–Kier alpha value is -3.09. The number of hydrogen-bond acceptors (Lipinski definition) is 5. The van der Waals surface area contributed by atoms with Gasteiger partial charge in [0.05, 0.1) is 10.6 Å². The van der Waals surface area contributed by atoms with Gasteiger partial charge in [-0.2, -0.15) is 0 Å². The van der Waals surface area contributed by atoms with Gasteiger partial charge < -0.3 is 15.2 Å². The number of nitro benzene ring substituents is 1. The van der Waals surface area contributed by atoms with Gasteiger partial charge in [0.15, 0.2) is 6.61 Å². The molecule has 2 rings (SSSR count). The van der Waals surface area contributed by atoms with Gasteiger partial charge in [0, 0.05) is 12.1 Å². The predicted molar refractivity (Wildman–Crippen MR) is 94.0 cm³/mol. The summed E-state index contributed by atoms with van der Waals surface area (Å²) in [5, 5.41) is 22.9. The number of para-hydroxylation sites is 1. The van der Waals surface area contributed by atoms with Crippen LogP contribution in [0.25, 0.3) is 0 Å². The standard InChI is InChI=1S/C18H20N2O5/c1-3-12(2)14-6-4-5-7-17(14)25-11-18(22)19-15-10-13(20(23)24)8-9-16(15)21/h4-10,12,21H,3,11H2,1-2H3,(H,19,22). The molecule has 0 saturated heterocycles. The van der Waals surface area contributed by atoms with Crippen molar-refractivity contribution in [1.82, 2.24) is 0 Å². The highest BCUT2D eigenvalue weighted by Gasteiger charge is 2.14. The van der Waals surface area contributed by atoms with E-state index in [4.69, 9.17) is 4.74 Å². The number of amides is 1. The molecule has 0 aliphatic heterocycles. The van der Waals surface area contributed by atoms with Crippen LogP contribution >= 0.6 is 0 Å². The van der Waals surface area contributed by atoms with Crippen molar-refractivity contribution in [3.63, 3.8) is 0 Å². The lowest BCUT2D eigenvalue weighted by Gasteiger charge is -2.15. The lowest BCUT2D eigenvalue weighted by atomic mass is 9.98. The molecule has 2 aromatic rings. The first-order chi connectivity index (χ1) is 11.9. The molecule has 2 N–H and O–H groups in total. The molecule has 0 fully saturated rings. The summed E-state index contributed by atoms with van der Waals surface area (Å²) in [5.74, 6) is 0.143. The summed E-state index contributed by atoms with van der Waals surface area (Å²) in [5.41, 5.74) is 0.755. The third-order valence-electron chi connectivity index (χ3n) is 3.89. The van der Waals surface area contributed by atoms with E-state index in [1.807, 2.05) is 18.2 Å². The van der Waals surface area contributed by atoms with E-state index >= 15 is 0 Å². The molecule has 2 aromatic carbocycles. The fraction of sp³-hybridized carbons (Fsp3) is 0.278. The second kappa shape index (κ2) is 8.14. The maximum absolute atomic E-state index is 12.1. The molecule has 1 amide bonds. The first-order valence-corrected chi connectivity index (χ1v) is 7.91. The van der Waals surface area contributed by atoms with E-state index < -0.39 is 10.8 Å². The van der Waals surface area contributed by atoms with E-state index in [9.17, 15) is 20.0 Å². The van der Waals surface area contributed by atoms with Crippen molar-refractivity contribution < 1.29 is 19.6 Å². The fourth-order valence-corrected chi connectivity index (χ4v) is 2.31. The average molecular weight is 344 g/mol. The molecular weight excluding hydrogens is 324 g/mol. The Labute approximate surface area is 145 Å². The van der Waals surface area contributed by atoms with Crippen LogP contribution in [0, 0.1) is 10.1 Å². The normalized spacial score (nSPS) is 11.6. The Morgan fingerprint density at radius 2 is 2.04 bits per heavy atom. The number of benzene rings is 2. The Morgan fingerprint density at radius 3 is 2.72 bits per heavy atom. The van der Waals surface area contributed by atoms with Gasteiger partial charge >= 0.3 is 0 Å². The van der Waals surface area contributed by atoms with Crippen LogP contribution in [0.3, 0.4) is 0 Å². The number of non-ortho nitro benzene ring substituents is 1. The molecule has 1 atom stereocenters. The summed E-state index contributed by atoms with van der Waals surface area (Å²) in [6.45, 7) is 3.87. The van der Waals surface area contributed by atoms with Crippen LogP contribution in [-0.2, 0) is 4.79 Å². The highest BCUT2D eigenvalue weighted by Crippen LogP contribution is 2.29. The van der Waals surface area contributed by atoms with Gasteiger partial charge in [0.2, 0.25) is 0 Å². The zero-order valence-electron chi connectivity index (χ0n) is 14.1. The van der Waals surface area contributed by atoms with Crippen molar-refractivity contribution in [2.24, 2.45) is 0 Å². The van der Waals surface area contributed by atoms with Gasteiger partial charge in [0.1, 0.15) is 11.5 Å². The largest absolute Gasteiger partial charge is 0.506 e. The number of carbonyl (C=O) groups is 1. The van der Waals surface area contributed by atoms with Gasteiger partial charge in [-0.3, -0.25) is 14.9 Å². The number of hydrogen-bond donors (Lipinski definition) is 2. The number of phenols is 1. The van der Waals surface area contributed by atoms with E-state index in [2.05, 4.69) is 19.2 Å². The lowest BCUT2D eigenvalue weighted by Crippen LogP contribution is -2.20. The predicted octanol–water partition coefficient (Wildman–Crippen LogP) is 3.83. The van der Waals surface area contributed by atoms with E-state index in [1.54, 1.807) is 6.07 Å². The zero-order chi connectivity index (χ0) is 18.4. The highest BCUT2D eigenvalue weighted by molar-refractivity contribution is 5.93. The summed E-state index contributed by atoms with van der Waals surface area (Å²) in [6.07, 6.45) is 0.939. The van der Waals surface area contributed by atoms with Crippen LogP contribution < -0.4 is 10.1 Å². The third kappa shape index (κ3) is 4.69. The zero-order valence-corrected chi connectivity index (χ0v) is 14.1. The summed E-state index contributed by atoms with van der Waals surface area (Å²) in [4.78, 5) is 22.2. The van der Waals surface area contributed by atoms with Crippen molar-refractivity contribution in [3.05, 3.63) is 58.1 Å². The van der Waals surface area contributed by atoms with Crippen molar-refractivity contribution in [2.75, 3.05) is 11.9 Å². The molecule has 0 radical (unpaired) electrons. The monoisotopic (exact) mass is 344 g/mol. The second-order valence-corrected chi connectivity index (χ2v) is 5.64. The number of anilines is 1. The van der Waals surface area contributed by atoms with E-state index in [-0.39, 0.29) is 23.7 Å². The number of nitro groups is 1. The highest BCUT2D eigenvalue weighted by atomic mass is 16.6. The smallest absolute Gasteiger partial charge is 0.271 e. The summed E-state index contributed by atoms with van der Waals surface area (Å²) < 4.78 is 5.58. The summed E-state index contributed by atoms with van der Waals surface area (Å²) in [6, 6.07) is 10.9. The molecule has 0 spiro atoms. The van der Waals surface area contributed by atoms with Crippen LogP contribution in [0.2, 0.25) is 0 Å². The lowest BCUT2D eigenvalue weighted by molar-refractivity contribution is -0.384. The van der Waals surface area contributed by atoms with Crippen molar-refractivity contribution >= 4 is 17.3 Å². The van der Waals surface area contributed by atoms with Gasteiger partial charge in [-0.25, -0.2) is 0 Å². The molecule has 0 aromatic heterocycles. The molecule has 25 heavy (non-hydrogen) atoms. The molecule has 7 nitrogen and oxygen atoms in total. The van der Waals surface area contributed by atoms with Crippen LogP contribution in [0.5, 0.6) is 11.5 Å². The Morgan fingerprint density at radius 1 is 1.32 bits per heavy atom. The molecule has 0 saturated carbocycles. The van der Waals surface area contributed by atoms with Crippen LogP contribution in [0.15, 0.2) is 42.5 Å². The molecule has 0 aliphatic carbocycles. The molecule has 7 heteroatoms. The van der Waals surface area contributed by atoms with Crippen LogP contribution in [0.1, 0.15) is 31.7 Å². The van der Waals surface area contributed by atoms with Gasteiger partial charge in [-0.05, 0) is 30.0 Å². The molecule has 0 bridgehead atoms. The average Bonchev–Trinajstić information content (AvgIpc) is 2.61. The molecule has 0 heterocycles. The van der Waals surface area contributed by atoms with Crippen molar-refractivity contribution in [1.29, 1.82) is 0 Å². The van der Waals surface area contributed by atoms with E-state index in [1.165, 1.54) is 0 Å². The number of aromatic hydroxyl groups is 1. The number of nitrogens with one attached hydrogen (secondary N) is 1. The fourth-order valence-electron chi connectivity index (χ4n) is 2.31. The summed E-state index contributed by atoms with van der Waals surface area (Å²) in [7, 11) is 0. The minimum atomic E-state index is -0.603. The number of nitrogens with zero attached hydrogens (tertiary/aromatic N) is 1. The molecule has 132 valence electrons. The van der Waals surface area contributed by atoms with E-state index in [0.717, 1.165) is 30.2 Å². The minimum Gasteiger partial charge on any atom is -0.506 e. The van der Waals surface area contributed by atoms with Crippen molar-refractivity contribution in [2.45, 2.75) is 26.2 Å². The van der Waals surface area contributed by atoms with Crippen molar-refractivity contribution in [3.8, 4) is 11.5 Å². The van der Waals surface area contributed by atoms with Crippen LogP contribution in [-0.4, -0.2) is 22.5 Å². The number of phenolic OH excluding ortho intramolecular Hbond substituents is 1. The maximum atomic E-state index is 12.1. The SMILES string of the molecule is CCC(C)c1ccccc1OCC(=O)Nc1cc([N+](=O)[O-])ccc1O. The topological polar surface area (TPSA) is 102 Å². The number of rotatable bonds is 7. The Kier molecular flexibility index (Phi) is 5.94.